The molecule has 0 bridgehead atoms. The van der Waals surface area contributed by atoms with Gasteiger partial charge >= 0.3 is 6.18 Å². The highest BCUT2D eigenvalue weighted by molar-refractivity contribution is 5.94. The van der Waals surface area contributed by atoms with Gasteiger partial charge < -0.3 is 14.8 Å². The fraction of sp³-hybridized carbons (Fsp3) is 0.278. The Morgan fingerprint density at radius 1 is 1.12 bits per heavy atom. The molecule has 0 spiro atoms. The molecule has 25 heavy (non-hydrogen) atoms. The number of alkyl halides is 3. The van der Waals surface area contributed by atoms with Crippen molar-refractivity contribution in [2.45, 2.75) is 25.6 Å². The Hall–Kier alpha value is -2.70. The number of carbonyl (C=O) groups excluding carboxylic acids is 1. The van der Waals surface area contributed by atoms with E-state index >= 15 is 0 Å². The lowest BCUT2D eigenvalue weighted by Gasteiger charge is -2.18. The highest BCUT2D eigenvalue weighted by atomic mass is 19.4. The number of rotatable bonds is 6. The van der Waals surface area contributed by atoms with Crippen molar-refractivity contribution in [3.63, 3.8) is 0 Å². The van der Waals surface area contributed by atoms with E-state index in [4.69, 9.17) is 9.47 Å². The number of halogens is 3. The van der Waals surface area contributed by atoms with Crippen molar-refractivity contribution >= 4 is 11.6 Å². The van der Waals surface area contributed by atoms with Gasteiger partial charge in [0.05, 0.1) is 12.7 Å². The van der Waals surface area contributed by atoms with Gasteiger partial charge in [0.25, 0.3) is 5.91 Å². The Morgan fingerprint density at radius 3 is 2.32 bits per heavy atom. The Kier molecular flexibility index (Phi) is 5.90. The van der Waals surface area contributed by atoms with Gasteiger partial charge in [-0.05, 0) is 42.8 Å². The van der Waals surface area contributed by atoms with Crippen LogP contribution in [0.1, 0.15) is 18.9 Å². The molecule has 0 unspecified atom stereocenters. The lowest BCUT2D eigenvalue weighted by molar-refractivity contribution is -0.137. The Balaban J connectivity index is 2.04. The molecule has 0 fully saturated rings. The average molecular weight is 353 g/mol. The molecule has 0 aliphatic heterocycles. The van der Waals surface area contributed by atoms with Crippen LogP contribution in [0, 0.1) is 0 Å². The van der Waals surface area contributed by atoms with Crippen LogP contribution in [0.5, 0.6) is 11.5 Å². The summed E-state index contributed by atoms with van der Waals surface area (Å²) in [7, 11) is 1.52. The van der Waals surface area contributed by atoms with Crippen molar-refractivity contribution in [1.82, 2.24) is 0 Å². The summed E-state index contributed by atoms with van der Waals surface area (Å²) in [6.45, 7) is 1.77. The highest BCUT2D eigenvalue weighted by Crippen LogP contribution is 2.30. The number of ether oxygens (including phenoxy) is 2. The number of hydrogen-bond acceptors (Lipinski definition) is 3. The molecule has 4 nitrogen and oxygen atoms in total. The first-order valence-corrected chi connectivity index (χ1v) is 7.62. The van der Waals surface area contributed by atoms with E-state index in [1.807, 2.05) is 0 Å². The summed E-state index contributed by atoms with van der Waals surface area (Å²) in [4.78, 5) is 12.3. The van der Waals surface area contributed by atoms with E-state index < -0.39 is 23.8 Å². The molecule has 0 saturated carbocycles. The maximum atomic E-state index is 12.6. The predicted molar refractivity (Wildman–Crippen MR) is 87.8 cm³/mol. The number of anilines is 1. The van der Waals surface area contributed by atoms with Gasteiger partial charge in [0.2, 0.25) is 0 Å². The van der Waals surface area contributed by atoms with Crippen molar-refractivity contribution in [3.8, 4) is 11.5 Å². The van der Waals surface area contributed by atoms with Crippen molar-refractivity contribution in [2.24, 2.45) is 0 Å². The molecule has 0 saturated heterocycles. The largest absolute Gasteiger partial charge is 0.497 e. The molecule has 0 aliphatic carbocycles. The zero-order valence-corrected chi connectivity index (χ0v) is 13.8. The summed E-state index contributed by atoms with van der Waals surface area (Å²) in [5.41, 5.74) is -0.504. The second kappa shape index (κ2) is 7.92. The molecule has 1 amide bonds. The first kappa shape index (κ1) is 18.6. The van der Waals surface area contributed by atoms with Crippen LogP contribution in [0.25, 0.3) is 0 Å². The van der Waals surface area contributed by atoms with E-state index in [0.717, 1.165) is 12.1 Å². The lowest BCUT2D eigenvalue weighted by atomic mass is 10.2. The van der Waals surface area contributed by atoms with Crippen molar-refractivity contribution in [1.29, 1.82) is 0 Å². The summed E-state index contributed by atoms with van der Waals surface area (Å²) in [5, 5.41) is 2.56. The third-order valence-electron chi connectivity index (χ3n) is 3.46. The molecule has 7 heteroatoms. The molecule has 0 radical (unpaired) electrons. The normalized spacial score (nSPS) is 12.4. The van der Waals surface area contributed by atoms with Crippen LogP contribution < -0.4 is 14.8 Å². The fourth-order valence-electron chi connectivity index (χ4n) is 2.13. The Bertz CT molecular complexity index is 714. The van der Waals surface area contributed by atoms with Crippen LogP contribution in [0.15, 0.2) is 48.5 Å². The number of nitrogens with one attached hydrogen (secondary N) is 1. The van der Waals surface area contributed by atoms with Crippen molar-refractivity contribution in [2.75, 3.05) is 12.4 Å². The van der Waals surface area contributed by atoms with Gasteiger partial charge in [-0.25, -0.2) is 0 Å². The molecule has 1 N–H and O–H groups in total. The number of hydrogen-bond donors (Lipinski definition) is 1. The number of methoxy groups -OCH3 is 1. The molecule has 2 rings (SSSR count). The van der Waals surface area contributed by atoms with Crippen molar-refractivity contribution in [3.05, 3.63) is 54.1 Å². The van der Waals surface area contributed by atoms with Gasteiger partial charge in [-0.15, -0.1) is 0 Å². The molecule has 134 valence electrons. The maximum Gasteiger partial charge on any atom is 0.416 e. The molecular weight excluding hydrogens is 335 g/mol. The summed E-state index contributed by atoms with van der Waals surface area (Å²) in [6, 6.07) is 11.1. The Labute approximate surface area is 143 Å². The predicted octanol–water partition coefficient (Wildman–Crippen LogP) is 4.51. The zero-order valence-electron chi connectivity index (χ0n) is 13.8. The van der Waals surface area contributed by atoms with E-state index in [1.54, 1.807) is 31.2 Å². The molecule has 0 aliphatic rings. The van der Waals surface area contributed by atoms with Crippen molar-refractivity contribution < 1.29 is 27.4 Å². The summed E-state index contributed by atoms with van der Waals surface area (Å²) in [5.74, 6) is 0.620. The summed E-state index contributed by atoms with van der Waals surface area (Å²) < 4.78 is 48.4. The second-order valence-corrected chi connectivity index (χ2v) is 5.26. The zero-order chi connectivity index (χ0) is 18.4. The first-order valence-electron chi connectivity index (χ1n) is 7.62. The molecule has 0 aromatic heterocycles. The van der Waals surface area contributed by atoms with Crippen LogP contribution >= 0.6 is 0 Å². The van der Waals surface area contributed by atoms with E-state index in [9.17, 15) is 18.0 Å². The average Bonchev–Trinajstić information content (AvgIpc) is 2.59. The Morgan fingerprint density at radius 2 is 1.76 bits per heavy atom. The number of carbonyl (C=O) groups is 1. The third kappa shape index (κ3) is 5.14. The van der Waals surface area contributed by atoms with E-state index in [1.165, 1.54) is 19.2 Å². The summed E-state index contributed by atoms with van der Waals surface area (Å²) >= 11 is 0. The van der Waals surface area contributed by atoms with Gasteiger partial charge in [0.1, 0.15) is 11.5 Å². The van der Waals surface area contributed by atoms with Crippen LogP contribution in [-0.4, -0.2) is 19.1 Å². The fourth-order valence-corrected chi connectivity index (χ4v) is 2.13. The van der Waals surface area contributed by atoms with Crippen LogP contribution in [-0.2, 0) is 11.0 Å². The van der Waals surface area contributed by atoms with Crippen LogP contribution in [0.3, 0.4) is 0 Å². The van der Waals surface area contributed by atoms with Gasteiger partial charge in [0, 0.05) is 11.8 Å². The highest BCUT2D eigenvalue weighted by Gasteiger charge is 2.30. The van der Waals surface area contributed by atoms with Gasteiger partial charge in [-0.3, -0.25) is 4.79 Å². The van der Waals surface area contributed by atoms with Gasteiger partial charge in [-0.2, -0.15) is 13.2 Å². The SMILES string of the molecule is CC[C@H](Oc1cccc(OC)c1)C(=O)Nc1ccc(C(F)(F)F)cc1. The van der Waals surface area contributed by atoms with Gasteiger partial charge in [0.15, 0.2) is 6.10 Å². The minimum absolute atomic E-state index is 0.269. The van der Waals surface area contributed by atoms with Gasteiger partial charge in [-0.1, -0.05) is 13.0 Å². The first-order chi connectivity index (χ1) is 11.8. The third-order valence-corrected chi connectivity index (χ3v) is 3.46. The standard InChI is InChI=1S/C18H18F3NO3/c1-3-16(25-15-6-4-5-14(11-15)24-2)17(23)22-13-9-7-12(8-10-13)18(19,20)21/h4-11,16H,3H2,1-2H3,(H,22,23)/t16-/m0/s1. The topological polar surface area (TPSA) is 47.6 Å². The second-order valence-electron chi connectivity index (χ2n) is 5.26. The smallest absolute Gasteiger partial charge is 0.416 e. The maximum absolute atomic E-state index is 12.6. The van der Waals surface area contributed by atoms with E-state index in [2.05, 4.69) is 5.32 Å². The molecular formula is C18H18F3NO3. The number of benzene rings is 2. The molecule has 0 heterocycles. The lowest BCUT2D eigenvalue weighted by Crippen LogP contribution is -2.32. The van der Waals surface area contributed by atoms with Crippen LogP contribution in [0.2, 0.25) is 0 Å². The minimum Gasteiger partial charge on any atom is -0.497 e. The molecule has 1 atom stereocenters. The quantitative estimate of drug-likeness (QED) is 0.831. The number of amides is 1. The molecule has 2 aromatic rings. The minimum atomic E-state index is -4.41. The van der Waals surface area contributed by atoms with Crippen LogP contribution in [0.4, 0.5) is 18.9 Å². The monoisotopic (exact) mass is 353 g/mol. The summed E-state index contributed by atoms with van der Waals surface area (Å²) in [6.07, 6.45) is -4.80. The molecule has 2 aromatic carbocycles. The van der Waals surface area contributed by atoms with E-state index in [0.29, 0.717) is 17.9 Å². The van der Waals surface area contributed by atoms with E-state index in [-0.39, 0.29) is 5.69 Å².